The van der Waals surface area contributed by atoms with E-state index in [1.165, 1.54) is 0 Å². The molecule has 2 aromatic rings. The first-order valence-corrected chi connectivity index (χ1v) is 5.50. The molecule has 1 aliphatic heterocycles. The minimum absolute atomic E-state index is 0.785. The van der Waals surface area contributed by atoms with Gasteiger partial charge in [0, 0.05) is 24.3 Å². The standard InChI is InChI=1S/C12H14N4/c13-10-4-1-3-9(7-10)11-8-15-16-6-2-5-14-12(11)16/h1,3-4,7-8,14H,2,5-6,13H2. The maximum absolute atomic E-state index is 5.79. The van der Waals surface area contributed by atoms with Gasteiger partial charge in [-0.25, -0.2) is 4.68 Å². The molecule has 0 aliphatic carbocycles. The van der Waals surface area contributed by atoms with E-state index in [2.05, 4.69) is 16.5 Å². The second kappa shape index (κ2) is 3.56. The second-order valence-corrected chi connectivity index (χ2v) is 4.04. The summed E-state index contributed by atoms with van der Waals surface area (Å²) in [7, 11) is 0. The molecule has 0 bridgehead atoms. The van der Waals surface area contributed by atoms with Crippen LogP contribution >= 0.6 is 0 Å². The minimum atomic E-state index is 0.785. The first kappa shape index (κ1) is 9.27. The molecule has 0 radical (unpaired) electrons. The summed E-state index contributed by atoms with van der Waals surface area (Å²) in [5, 5.41) is 7.76. The summed E-state index contributed by atoms with van der Waals surface area (Å²) in [5.41, 5.74) is 8.83. The normalized spacial score (nSPS) is 14.2. The lowest BCUT2D eigenvalue weighted by Gasteiger charge is -2.17. The van der Waals surface area contributed by atoms with Crippen LogP contribution in [-0.4, -0.2) is 16.3 Å². The molecule has 0 fully saturated rings. The zero-order chi connectivity index (χ0) is 11.0. The lowest BCUT2D eigenvalue weighted by Crippen LogP contribution is -2.17. The van der Waals surface area contributed by atoms with Crippen molar-refractivity contribution in [2.24, 2.45) is 0 Å². The van der Waals surface area contributed by atoms with Crippen LogP contribution in [0.25, 0.3) is 11.1 Å². The molecule has 2 heterocycles. The number of hydrogen-bond acceptors (Lipinski definition) is 3. The average Bonchev–Trinajstić information content (AvgIpc) is 2.72. The molecule has 0 atom stereocenters. The predicted molar refractivity (Wildman–Crippen MR) is 65.2 cm³/mol. The highest BCUT2D eigenvalue weighted by Gasteiger charge is 2.15. The molecule has 16 heavy (non-hydrogen) atoms. The summed E-state index contributed by atoms with van der Waals surface area (Å²) in [6, 6.07) is 7.91. The molecular formula is C12H14N4. The molecule has 3 N–H and O–H groups in total. The Hall–Kier alpha value is -1.97. The Morgan fingerprint density at radius 3 is 3.19 bits per heavy atom. The maximum atomic E-state index is 5.79. The third kappa shape index (κ3) is 1.43. The topological polar surface area (TPSA) is 55.9 Å². The number of nitrogen functional groups attached to an aromatic ring is 1. The molecular weight excluding hydrogens is 200 g/mol. The van der Waals surface area contributed by atoms with Crippen molar-refractivity contribution in [2.45, 2.75) is 13.0 Å². The van der Waals surface area contributed by atoms with Crippen LogP contribution in [0.2, 0.25) is 0 Å². The summed E-state index contributed by atoms with van der Waals surface area (Å²) in [6.45, 7) is 2.01. The fraction of sp³-hybridized carbons (Fsp3) is 0.250. The Morgan fingerprint density at radius 2 is 2.31 bits per heavy atom. The van der Waals surface area contributed by atoms with Crippen LogP contribution in [0.3, 0.4) is 0 Å². The molecule has 4 heteroatoms. The van der Waals surface area contributed by atoms with Crippen molar-refractivity contribution in [3.05, 3.63) is 30.5 Å². The number of nitrogens with zero attached hydrogens (tertiary/aromatic N) is 2. The molecule has 82 valence electrons. The first-order valence-electron chi connectivity index (χ1n) is 5.50. The summed E-state index contributed by atoms with van der Waals surface area (Å²) < 4.78 is 2.02. The number of fused-ring (bicyclic) bond motifs is 1. The summed E-state index contributed by atoms with van der Waals surface area (Å²) in [6.07, 6.45) is 3.04. The number of benzene rings is 1. The van der Waals surface area contributed by atoms with Gasteiger partial charge in [-0.1, -0.05) is 12.1 Å². The van der Waals surface area contributed by atoms with E-state index in [9.17, 15) is 0 Å². The summed E-state index contributed by atoms with van der Waals surface area (Å²) >= 11 is 0. The smallest absolute Gasteiger partial charge is 0.132 e. The van der Waals surface area contributed by atoms with Gasteiger partial charge in [-0.05, 0) is 24.1 Å². The van der Waals surface area contributed by atoms with E-state index in [-0.39, 0.29) is 0 Å². The monoisotopic (exact) mass is 214 g/mol. The van der Waals surface area contributed by atoms with Gasteiger partial charge in [-0.3, -0.25) is 0 Å². The van der Waals surface area contributed by atoms with Gasteiger partial charge in [0.2, 0.25) is 0 Å². The van der Waals surface area contributed by atoms with Crippen LogP contribution in [0.4, 0.5) is 11.5 Å². The largest absolute Gasteiger partial charge is 0.399 e. The van der Waals surface area contributed by atoms with E-state index in [0.717, 1.165) is 42.1 Å². The van der Waals surface area contributed by atoms with Crippen LogP contribution in [0.5, 0.6) is 0 Å². The number of hydrogen-bond donors (Lipinski definition) is 2. The number of nitrogens with one attached hydrogen (secondary N) is 1. The van der Waals surface area contributed by atoms with Gasteiger partial charge in [0.15, 0.2) is 0 Å². The van der Waals surface area contributed by atoms with Crippen LogP contribution in [0, 0.1) is 0 Å². The molecule has 0 saturated heterocycles. The number of anilines is 2. The van der Waals surface area contributed by atoms with Crippen molar-refractivity contribution in [3.63, 3.8) is 0 Å². The van der Waals surface area contributed by atoms with Crippen LogP contribution in [-0.2, 0) is 6.54 Å². The molecule has 0 saturated carbocycles. The van der Waals surface area contributed by atoms with Crippen molar-refractivity contribution in [2.75, 3.05) is 17.6 Å². The predicted octanol–water partition coefficient (Wildman–Crippen LogP) is 1.95. The number of nitrogens with two attached hydrogens (primary N) is 1. The van der Waals surface area contributed by atoms with Crippen LogP contribution < -0.4 is 11.1 Å². The molecule has 0 amide bonds. The number of aryl methyl sites for hydroxylation is 1. The van der Waals surface area contributed by atoms with Gasteiger partial charge in [0.05, 0.1) is 6.20 Å². The SMILES string of the molecule is Nc1cccc(-c2cnn3c2NCCC3)c1. The lowest BCUT2D eigenvalue weighted by molar-refractivity contribution is 0.568. The fourth-order valence-corrected chi connectivity index (χ4v) is 2.09. The van der Waals surface area contributed by atoms with E-state index in [1.807, 2.05) is 29.1 Å². The van der Waals surface area contributed by atoms with Crippen molar-refractivity contribution in [3.8, 4) is 11.1 Å². The Morgan fingerprint density at radius 1 is 1.38 bits per heavy atom. The third-order valence-electron chi connectivity index (χ3n) is 2.88. The number of rotatable bonds is 1. The fourth-order valence-electron chi connectivity index (χ4n) is 2.09. The summed E-state index contributed by atoms with van der Waals surface area (Å²) in [4.78, 5) is 0. The van der Waals surface area contributed by atoms with Gasteiger partial charge in [-0.15, -0.1) is 0 Å². The highest BCUT2D eigenvalue weighted by molar-refractivity contribution is 5.77. The van der Waals surface area contributed by atoms with E-state index < -0.39 is 0 Å². The quantitative estimate of drug-likeness (QED) is 0.713. The van der Waals surface area contributed by atoms with Crippen molar-refractivity contribution in [1.29, 1.82) is 0 Å². The maximum Gasteiger partial charge on any atom is 0.132 e. The Bertz CT molecular complexity index is 515. The van der Waals surface area contributed by atoms with E-state index >= 15 is 0 Å². The zero-order valence-corrected chi connectivity index (χ0v) is 8.98. The third-order valence-corrected chi connectivity index (χ3v) is 2.88. The van der Waals surface area contributed by atoms with E-state index in [0.29, 0.717) is 0 Å². The van der Waals surface area contributed by atoms with Crippen molar-refractivity contribution < 1.29 is 0 Å². The molecule has 1 aliphatic rings. The molecule has 1 aromatic heterocycles. The van der Waals surface area contributed by atoms with Gasteiger partial charge >= 0.3 is 0 Å². The summed E-state index contributed by atoms with van der Waals surface area (Å²) in [5.74, 6) is 1.11. The molecule has 0 unspecified atom stereocenters. The molecule has 3 rings (SSSR count). The van der Waals surface area contributed by atoms with E-state index in [1.54, 1.807) is 0 Å². The highest BCUT2D eigenvalue weighted by atomic mass is 15.3. The van der Waals surface area contributed by atoms with Gasteiger partial charge < -0.3 is 11.1 Å². The minimum Gasteiger partial charge on any atom is -0.399 e. The molecule has 4 nitrogen and oxygen atoms in total. The van der Waals surface area contributed by atoms with Gasteiger partial charge in [0.25, 0.3) is 0 Å². The molecule has 0 spiro atoms. The Kier molecular flexibility index (Phi) is 2.06. The Balaban J connectivity index is 2.09. The van der Waals surface area contributed by atoms with Crippen LogP contribution in [0.1, 0.15) is 6.42 Å². The first-order chi connectivity index (χ1) is 7.84. The molecule has 1 aromatic carbocycles. The Labute approximate surface area is 94.1 Å². The average molecular weight is 214 g/mol. The number of aromatic nitrogens is 2. The van der Waals surface area contributed by atoms with Crippen molar-refractivity contribution in [1.82, 2.24) is 9.78 Å². The lowest BCUT2D eigenvalue weighted by atomic mass is 10.1. The van der Waals surface area contributed by atoms with E-state index in [4.69, 9.17) is 5.73 Å². The van der Waals surface area contributed by atoms with Crippen LogP contribution in [0.15, 0.2) is 30.5 Å². The highest BCUT2D eigenvalue weighted by Crippen LogP contribution is 2.30. The van der Waals surface area contributed by atoms with Crippen molar-refractivity contribution >= 4 is 11.5 Å². The zero-order valence-electron chi connectivity index (χ0n) is 8.98. The second-order valence-electron chi connectivity index (χ2n) is 4.04. The van der Waals surface area contributed by atoms with Gasteiger partial charge in [-0.2, -0.15) is 5.10 Å². The van der Waals surface area contributed by atoms with Gasteiger partial charge in [0.1, 0.15) is 5.82 Å².